The maximum atomic E-state index is 11.5. The smallest absolute Gasteiger partial charge is 0.326 e. The highest BCUT2D eigenvalue weighted by molar-refractivity contribution is 5.82. The van der Waals surface area contributed by atoms with Gasteiger partial charge in [0.1, 0.15) is 6.04 Å². The van der Waals surface area contributed by atoms with Gasteiger partial charge in [0.2, 0.25) is 0 Å². The highest BCUT2D eigenvalue weighted by atomic mass is 16.4. The largest absolute Gasteiger partial charge is 0.480 e. The lowest BCUT2D eigenvalue weighted by Gasteiger charge is -2.22. The number of nitrogens with zero attached hydrogens (tertiary/aromatic N) is 1. The summed E-state index contributed by atoms with van der Waals surface area (Å²) < 4.78 is 0. The molecule has 2 amide bonds. The summed E-state index contributed by atoms with van der Waals surface area (Å²) in [5.74, 6) is -1.12. The molecule has 0 aromatic heterocycles. The average Bonchev–Trinajstić information content (AvgIpc) is 2.12. The van der Waals surface area contributed by atoms with Crippen molar-refractivity contribution < 1.29 is 14.7 Å². The molecule has 0 bridgehead atoms. The summed E-state index contributed by atoms with van der Waals surface area (Å²) in [6.07, 6.45) is 0.851. The van der Waals surface area contributed by atoms with Gasteiger partial charge < -0.3 is 15.3 Å². The molecule has 1 atom stereocenters. The van der Waals surface area contributed by atoms with E-state index in [1.807, 2.05) is 6.92 Å². The molecule has 0 aromatic carbocycles. The van der Waals surface area contributed by atoms with E-state index in [-0.39, 0.29) is 11.9 Å². The Labute approximate surface area is 90.5 Å². The minimum absolute atomic E-state index is 0.124. The predicted octanol–water partition coefficient (Wildman–Crippen LogP) is 1.15. The Morgan fingerprint density at radius 1 is 1.40 bits per heavy atom. The lowest BCUT2D eigenvalue weighted by atomic mass is 10.1. The molecule has 0 radical (unpaired) electrons. The number of hydrogen-bond donors (Lipinski definition) is 2. The third-order valence-corrected chi connectivity index (χ3v) is 2.12. The van der Waals surface area contributed by atoms with E-state index in [4.69, 9.17) is 5.11 Å². The van der Waals surface area contributed by atoms with Crippen molar-refractivity contribution in [1.82, 2.24) is 10.2 Å². The van der Waals surface area contributed by atoms with E-state index in [1.165, 1.54) is 4.90 Å². The van der Waals surface area contributed by atoms with E-state index in [1.54, 1.807) is 20.9 Å². The Bertz CT molecular complexity index is 229. The first-order valence-electron chi connectivity index (χ1n) is 5.14. The van der Waals surface area contributed by atoms with Gasteiger partial charge in [0, 0.05) is 13.6 Å². The van der Waals surface area contributed by atoms with Gasteiger partial charge in [-0.1, -0.05) is 20.8 Å². The van der Waals surface area contributed by atoms with Crippen LogP contribution in [-0.4, -0.2) is 41.6 Å². The molecule has 0 aliphatic carbocycles. The Hall–Kier alpha value is -1.26. The van der Waals surface area contributed by atoms with Crippen molar-refractivity contribution in [2.24, 2.45) is 5.92 Å². The van der Waals surface area contributed by atoms with Crippen LogP contribution in [0.2, 0.25) is 0 Å². The zero-order valence-corrected chi connectivity index (χ0v) is 9.78. The van der Waals surface area contributed by atoms with Gasteiger partial charge in [-0.2, -0.15) is 0 Å². The maximum absolute atomic E-state index is 11.5. The molecule has 5 heteroatoms. The molecular weight excluding hydrogens is 196 g/mol. The number of carbonyl (C=O) groups excluding carboxylic acids is 1. The molecule has 0 rings (SSSR count). The summed E-state index contributed by atoms with van der Waals surface area (Å²) in [6.45, 7) is 6.11. The summed E-state index contributed by atoms with van der Waals surface area (Å²) in [5.41, 5.74) is 0. The van der Waals surface area contributed by atoms with Crippen LogP contribution in [0.1, 0.15) is 27.2 Å². The van der Waals surface area contributed by atoms with Crippen LogP contribution in [0, 0.1) is 5.92 Å². The second-order valence-corrected chi connectivity index (χ2v) is 3.93. The van der Waals surface area contributed by atoms with Crippen LogP contribution >= 0.6 is 0 Å². The van der Waals surface area contributed by atoms with Gasteiger partial charge in [-0.15, -0.1) is 0 Å². The normalized spacial score (nSPS) is 12.3. The number of amides is 2. The fourth-order valence-electron chi connectivity index (χ4n) is 1.19. The Kier molecular flexibility index (Phi) is 5.74. The fraction of sp³-hybridized carbons (Fsp3) is 0.800. The molecule has 0 spiro atoms. The Balaban J connectivity index is 4.29. The zero-order chi connectivity index (χ0) is 12.0. The summed E-state index contributed by atoms with van der Waals surface area (Å²) in [7, 11) is 1.65. The van der Waals surface area contributed by atoms with Crippen LogP contribution in [0.25, 0.3) is 0 Å². The molecule has 0 heterocycles. The Morgan fingerprint density at radius 3 is 2.27 bits per heavy atom. The van der Waals surface area contributed by atoms with Gasteiger partial charge in [-0.05, 0) is 12.3 Å². The van der Waals surface area contributed by atoms with E-state index in [2.05, 4.69) is 5.32 Å². The molecule has 0 aromatic rings. The quantitative estimate of drug-likeness (QED) is 0.724. The number of nitrogens with one attached hydrogen (secondary N) is 1. The number of carboxylic acids is 1. The summed E-state index contributed by atoms with van der Waals surface area (Å²) >= 11 is 0. The van der Waals surface area contributed by atoms with Gasteiger partial charge in [0.25, 0.3) is 0 Å². The second-order valence-electron chi connectivity index (χ2n) is 3.93. The maximum Gasteiger partial charge on any atom is 0.326 e. The molecular formula is C10H20N2O3. The lowest BCUT2D eigenvalue weighted by molar-refractivity contribution is -0.140. The van der Waals surface area contributed by atoms with Crippen LogP contribution < -0.4 is 5.32 Å². The van der Waals surface area contributed by atoms with E-state index >= 15 is 0 Å². The third-order valence-electron chi connectivity index (χ3n) is 2.12. The van der Waals surface area contributed by atoms with Gasteiger partial charge in [0.05, 0.1) is 0 Å². The minimum atomic E-state index is -0.997. The zero-order valence-electron chi connectivity index (χ0n) is 9.78. The highest BCUT2D eigenvalue weighted by Crippen LogP contribution is 2.02. The Morgan fingerprint density at radius 2 is 1.93 bits per heavy atom. The fourth-order valence-corrected chi connectivity index (χ4v) is 1.19. The first-order valence-corrected chi connectivity index (χ1v) is 5.14. The van der Waals surface area contributed by atoms with Gasteiger partial charge in [0.15, 0.2) is 0 Å². The van der Waals surface area contributed by atoms with Crippen molar-refractivity contribution >= 4 is 12.0 Å². The van der Waals surface area contributed by atoms with Crippen molar-refractivity contribution in [3.05, 3.63) is 0 Å². The van der Waals surface area contributed by atoms with Crippen molar-refractivity contribution in [2.45, 2.75) is 33.2 Å². The van der Waals surface area contributed by atoms with Crippen LogP contribution in [0.4, 0.5) is 4.79 Å². The summed E-state index contributed by atoms with van der Waals surface area (Å²) in [6, 6.07) is -1.16. The predicted molar refractivity (Wildman–Crippen MR) is 57.7 cm³/mol. The second kappa shape index (κ2) is 6.27. The standard InChI is InChI=1S/C10H20N2O3/c1-5-6-12(4)10(15)11-8(7(2)3)9(13)14/h7-8H,5-6H2,1-4H3,(H,11,15)(H,13,14). The van der Waals surface area contributed by atoms with Gasteiger partial charge in [-0.3, -0.25) is 0 Å². The SMILES string of the molecule is CCCN(C)C(=O)NC(C(=O)O)C(C)C. The monoisotopic (exact) mass is 216 g/mol. The molecule has 88 valence electrons. The van der Waals surface area contributed by atoms with Gasteiger partial charge >= 0.3 is 12.0 Å². The van der Waals surface area contributed by atoms with Crippen LogP contribution in [-0.2, 0) is 4.79 Å². The van der Waals surface area contributed by atoms with Crippen LogP contribution in [0.3, 0.4) is 0 Å². The molecule has 0 aliphatic heterocycles. The minimum Gasteiger partial charge on any atom is -0.480 e. The first-order chi connectivity index (χ1) is 6.90. The molecule has 0 fully saturated rings. The first kappa shape index (κ1) is 13.7. The molecule has 0 saturated carbocycles. The number of carboxylic acid groups (broad SMARTS) is 1. The van der Waals surface area contributed by atoms with Gasteiger partial charge in [-0.25, -0.2) is 9.59 Å². The van der Waals surface area contributed by atoms with E-state index in [0.29, 0.717) is 6.54 Å². The third kappa shape index (κ3) is 4.67. The topological polar surface area (TPSA) is 69.6 Å². The molecule has 0 aliphatic rings. The number of aliphatic carboxylic acids is 1. The summed E-state index contributed by atoms with van der Waals surface area (Å²) in [4.78, 5) is 23.8. The van der Waals surface area contributed by atoms with E-state index in [0.717, 1.165) is 6.42 Å². The molecule has 15 heavy (non-hydrogen) atoms. The van der Waals surface area contributed by atoms with Crippen molar-refractivity contribution in [1.29, 1.82) is 0 Å². The van der Waals surface area contributed by atoms with Crippen LogP contribution in [0.5, 0.6) is 0 Å². The van der Waals surface area contributed by atoms with Crippen molar-refractivity contribution in [3.8, 4) is 0 Å². The molecule has 2 N–H and O–H groups in total. The lowest BCUT2D eigenvalue weighted by Crippen LogP contribution is -2.49. The average molecular weight is 216 g/mol. The molecule has 5 nitrogen and oxygen atoms in total. The highest BCUT2D eigenvalue weighted by Gasteiger charge is 2.24. The van der Waals surface area contributed by atoms with E-state index < -0.39 is 12.0 Å². The number of hydrogen-bond acceptors (Lipinski definition) is 2. The number of rotatable bonds is 5. The van der Waals surface area contributed by atoms with Crippen molar-refractivity contribution in [3.63, 3.8) is 0 Å². The van der Waals surface area contributed by atoms with Crippen LogP contribution in [0.15, 0.2) is 0 Å². The van der Waals surface area contributed by atoms with E-state index in [9.17, 15) is 9.59 Å². The summed E-state index contributed by atoms with van der Waals surface area (Å²) in [5, 5.41) is 11.4. The molecule has 1 unspecified atom stereocenters. The van der Waals surface area contributed by atoms with Crippen molar-refractivity contribution in [2.75, 3.05) is 13.6 Å². The molecule has 0 saturated heterocycles. The number of urea groups is 1. The number of carbonyl (C=O) groups is 2.